The van der Waals surface area contributed by atoms with Crippen LogP contribution in [0.5, 0.6) is 0 Å². The summed E-state index contributed by atoms with van der Waals surface area (Å²) >= 11 is 6.15. The fourth-order valence-corrected chi connectivity index (χ4v) is 5.95. The summed E-state index contributed by atoms with van der Waals surface area (Å²) in [6, 6.07) is 15.6. The number of nitriles is 1. The molecule has 11 nitrogen and oxygen atoms in total. The van der Waals surface area contributed by atoms with E-state index in [-0.39, 0.29) is 5.96 Å². The van der Waals surface area contributed by atoms with E-state index in [0.29, 0.717) is 47.4 Å². The summed E-state index contributed by atoms with van der Waals surface area (Å²) in [7, 11) is 2.61. The number of hydrogen-bond acceptors (Lipinski definition) is 9. The van der Waals surface area contributed by atoms with Crippen LogP contribution in [0.15, 0.2) is 69.8 Å². The van der Waals surface area contributed by atoms with E-state index in [1.54, 1.807) is 19.9 Å². The van der Waals surface area contributed by atoms with Crippen LogP contribution < -0.4 is 20.9 Å². The van der Waals surface area contributed by atoms with Crippen molar-refractivity contribution in [1.29, 1.82) is 5.26 Å². The van der Waals surface area contributed by atoms with Crippen LogP contribution in [0.25, 0.3) is 0 Å². The van der Waals surface area contributed by atoms with Gasteiger partial charge in [0.1, 0.15) is 5.92 Å². The molecule has 0 spiro atoms. The van der Waals surface area contributed by atoms with Gasteiger partial charge in [-0.3, -0.25) is 20.1 Å². The van der Waals surface area contributed by atoms with Crippen molar-refractivity contribution in [3.05, 3.63) is 70.4 Å². The summed E-state index contributed by atoms with van der Waals surface area (Å²) in [5.41, 5.74) is 3.76. The predicted octanol–water partition coefficient (Wildman–Crippen LogP) is 4.23. The fourth-order valence-electron chi connectivity index (χ4n) is 5.77. The third-order valence-corrected chi connectivity index (χ3v) is 8.09. The van der Waals surface area contributed by atoms with Crippen LogP contribution in [0, 0.1) is 17.4 Å². The second kappa shape index (κ2) is 15.4. The Bertz CT molecular complexity index is 1490. The Morgan fingerprint density at radius 3 is 2.55 bits per heavy atom. The fraction of sp³-hybridized carbons (Fsp3) is 0.406. The van der Waals surface area contributed by atoms with Gasteiger partial charge in [0.2, 0.25) is 5.96 Å². The Morgan fingerprint density at radius 1 is 1.11 bits per heavy atom. The standard InChI is InChI=1S/C32H38ClN7O4/c1-20-27(30(41)43-3)29(28(21(2)38-20)31(42)44-4)22-7-5-9-25(17-22)39-32(37-19-34)36-14-13-35-24-11-15-40(16-12-24)26-10-6-8-23(33)18-26/h5-10,17-18,24,27,29,35H,11-16H2,1-4H3,(H2,36,37,39). The summed E-state index contributed by atoms with van der Waals surface area (Å²) in [5.74, 6) is -2.26. The molecule has 0 saturated carbocycles. The molecule has 1 fully saturated rings. The van der Waals surface area contributed by atoms with Crippen molar-refractivity contribution < 1.29 is 19.1 Å². The molecule has 2 aliphatic rings. The summed E-state index contributed by atoms with van der Waals surface area (Å²) < 4.78 is 10.1. The highest BCUT2D eigenvalue weighted by atomic mass is 35.5. The molecule has 0 amide bonds. The molecule has 2 unspecified atom stereocenters. The number of anilines is 2. The Morgan fingerprint density at radius 2 is 1.86 bits per heavy atom. The van der Waals surface area contributed by atoms with E-state index in [9.17, 15) is 14.9 Å². The van der Waals surface area contributed by atoms with Crippen molar-refractivity contribution in [2.75, 3.05) is 50.6 Å². The van der Waals surface area contributed by atoms with Gasteiger partial charge < -0.3 is 25.0 Å². The minimum atomic E-state index is -0.804. The summed E-state index contributed by atoms with van der Waals surface area (Å²) in [5, 5.41) is 19.4. The lowest BCUT2D eigenvalue weighted by molar-refractivity contribution is -0.143. The van der Waals surface area contributed by atoms with Gasteiger partial charge >= 0.3 is 11.9 Å². The average molecular weight is 620 g/mol. The number of methoxy groups -OCH3 is 2. The maximum Gasteiger partial charge on any atom is 0.336 e. The molecular weight excluding hydrogens is 582 g/mol. The summed E-state index contributed by atoms with van der Waals surface area (Å²) in [6.07, 6.45) is 3.94. The monoisotopic (exact) mass is 619 g/mol. The molecule has 12 heteroatoms. The molecule has 2 aliphatic heterocycles. The molecule has 3 N–H and O–H groups in total. The van der Waals surface area contributed by atoms with E-state index in [4.69, 9.17) is 21.1 Å². The minimum absolute atomic E-state index is 0.285. The number of guanidine groups is 1. The Kier molecular flexibility index (Phi) is 11.4. The zero-order chi connectivity index (χ0) is 31.6. The van der Waals surface area contributed by atoms with Crippen molar-refractivity contribution in [3.8, 4) is 6.19 Å². The molecule has 44 heavy (non-hydrogen) atoms. The van der Waals surface area contributed by atoms with Gasteiger partial charge in [-0.05, 0) is 62.6 Å². The van der Waals surface area contributed by atoms with Crippen molar-refractivity contribution in [2.45, 2.75) is 38.6 Å². The van der Waals surface area contributed by atoms with Crippen LogP contribution in [-0.4, -0.2) is 70.1 Å². The van der Waals surface area contributed by atoms with Gasteiger partial charge in [-0.25, -0.2) is 4.79 Å². The Labute approximate surface area is 263 Å². The number of hydrogen-bond donors (Lipinski definition) is 3. The molecule has 0 bridgehead atoms. The Hall–Kier alpha value is -4.40. The zero-order valence-corrected chi connectivity index (χ0v) is 26.1. The number of nitrogens with zero attached hydrogens (tertiary/aromatic N) is 4. The number of benzene rings is 2. The normalized spacial score (nSPS) is 19.1. The molecule has 1 saturated heterocycles. The first kappa shape index (κ1) is 32.5. The van der Waals surface area contributed by atoms with Gasteiger partial charge in [-0.2, -0.15) is 5.26 Å². The van der Waals surface area contributed by atoms with E-state index >= 15 is 0 Å². The predicted molar refractivity (Wildman–Crippen MR) is 172 cm³/mol. The van der Waals surface area contributed by atoms with Gasteiger partial charge in [0.15, 0.2) is 6.19 Å². The number of carbonyl (C=O) groups is 2. The highest BCUT2D eigenvalue weighted by molar-refractivity contribution is 6.30. The van der Waals surface area contributed by atoms with Gasteiger partial charge in [0.05, 0.1) is 26.3 Å². The van der Waals surface area contributed by atoms with Crippen LogP contribution in [-0.2, 0) is 19.1 Å². The lowest BCUT2D eigenvalue weighted by Crippen LogP contribution is -2.43. The number of nitrogens with one attached hydrogen (secondary N) is 3. The second-order valence-electron chi connectivity index (χ2n) is 10.6. The van der Waals surface area contributed by atoms with Crippen molar-refractivity contribution in [1.82, 2.24) is 10.6 Å². The number of allylic oxidation sites excluding steroid dienone is 1. The number of aliphatic imine (C=N–C) groups is 2. The number of halogens is 1. The first-order valence-electron chi connectivity index (χ1n) is 14.5. The van der Waals surface area contributed by atoms with Crippen LogP contribution in [0.4, 0.5) is 11.4 Å². The van der Waals surface area contributed by atoms with E-state index in [1.165, 1.54) is 14.2 Å². The van der Waals surface area contributed by atoms with Crippen LogP contribution in [0.1, 0.15) is 38.2 Å². The lowest BCUT2D eigenvalue weighted by atomic mass is 9.75. The smallest absolute Gasteiger partial charge is 0.336 e. The average Bonchev–Trinajstić information content (AvgIpc) is 3.02. The van der Waals surface area contributed by atoms with Crippen molar-refractivity contribution >= 4 is 46.6 Å². The molecule has 0 aromatic heterocycles. The first-order chi connectivity index (χ1) is 21.2. The van der Waals surface area contributed by atoms with E-state index < -0.39 is 23.8 Å². The maximum absolute atomic E-state index is 12.9. The van der Waals surface area contributed by atoms with Crippen LogP contribution in [0.3, 0.4) is 0 Å². The maximum atomic E-state index is 12.9. The van der Waals surface area contributed by atoms with Gasteiger partial charge in [0, 0.05) is 59.4 Å². The highest BCUT2D eigenvalue weighted by Gasteiger charge is 2.42. The molecule has 0 radical (unpaired) electrons. The van der Waals surface area contributed by atoms with Gasteiger partial charge in [-0.15, -0.1) is 0 Å². The molecule has 0 aliphatic carbocycles. The largest absolute Gasteiger partial charge is 0.468 e. The number of carbonyl (C=O) groups excluding carboxylic acids is 2. The van der Waals surface area contributed by atoms with Gasteiger partial charge in [0.25, 0.3) is 0 Å². The Balaban J connectivity index is 1.41. The number of rotatable bonds is 9. The molecule has 232 valence electrons. The molecule has 2 atom stereocenters. The minimum Gasteiger partial charge on any atom is -0.468 e. The highest BCUT2D eigenvalue weighted by Crippen LogP contribution is 2.40. The molecule has 4 rings (SSSR count). The SMILES string of the molecule is COC(=O)C1=C(C)N=C(C)C(C(=O)OC)C1c1cccc(NC(=NCCNC2CCN(c3cccc(Cl)c3)CC2)NC#N)c1. The summed E-state index contributed by atoms with van der Waals surface area (Å²) in [6.45, 7) is 6.44. The van der Waals surface area contributed by atoms with Crippen LogP contribution >= 0.6 is 11.6 Å². The molecule has 2 aromatic carbocycles. The van der Waals surface area contributed by atoms with Gasteiger partial charge in [-0.1, -0.05) is 29.8 Å². The summed E-state index contributed by atoms with van der Waals surface area (Å²) in [4.78, 5) is 37.0. The third-order valence-electron chi connectivity index (χ3n) is 7.85. The van der Waals surface area contributed by atoms with E-state index in [0.717, 1.165) is 36.6 Å². The third kappa shape index (κ3) is 7.95. The molecular formula is C32H38ClN7O4. The van der Waals surface area contributed by atoms with Crippen molar-refractivity contribution in [2.24, 2.45) is 15.9 Å². The zero-order valence-electron chi connectivity index (χ0n) is 25.4. The van der Waals surface area contributed by atoms with E-state index in [2.05, 4.69) is 36.9 Å². The lowest BCUT2D eigenvalue weighted by Gasteiger charge is -2.34. The quantitative estimate of drug-likeness (QED) is 0.0939. The second-order valence-corrected chi connectivity index (χ2v) is 11.1. The number of piperidine rings is 1. The molecule has 2 aromatic rings. The number of esters is 2. The first-order valence-corrected chi connectivity index (χ1v) is 14.9. The van der Waals surface area contributed by atoms with E-state index in [1.807, 2.05) is 42.6 Å². The van der Waals surface area contributed by atoms with Crippen LogP contribution in [0.2, 0.25) is 5.02 Å². The topological polar surface area (TPSA) is 140 Å². The van der Waals surface area contributed by atoms with Crippen molar-refractivity contribution in [3.63, 3.8) is 0 Å². The number of ether oxygens (including phenoxy) is 2. The molecule has 2 heterocycles.